The van der Waals surface area contributed by atoms with Gasteiger partial charge in [-0.15, -0.1) is 0 Å². The van der Waals surface area contributed by atoms with Crippen LogP contribution in [0.25, 0.3) is 0 Å². The molecular weight excluding hydrogens is 340 g/mol. The van der Waals surface area contributed by atoms with Crippen molar-refractivity contribution in [2.75, 3.05) is 33.7 Å². The van der Waals surface area contributed by atoms with Crippen LogP contribution in [-0.4, -0.2) is 38.6 Å². The number of nitrogens with zero attached hydrogens (tertiary/aromatic N) is 1. The van der Waals surface area contributed by atoms with E-state index >= 15 is 0 Å². The van der Waals surface area contributed by atoms with E-state index in [0.717, 1.165) is 30.8 Å². The predicted octanol–water partition coefficient (Wildman–Crippen LogP) is 5.32. The van der Waals surface area contributed by atoms with Crippen molar-refractivity contribution in [2.24, 2.45) is 17.3 Å². The van der Waals surface area contributed by atoms with Crippen molar-refractivity contribution in [1.82, 2.24) is 10.2 Å². The highest BCUT2D eigenvalue weighted by atomic mass is 15.0. The third kappa shape index (κ3) is 3.83. The van der Waals surface area contributed by atoms with Crippen LogP contribution in [0.4, 0.5) is 0 Å². The van der Waals surface area contributed by atoms with Crippen LogP contribution < -0.4 is 5.32 Å². The Bertz CT molecular complexity index is 719. The molecule has 3 aliphatic carbocycles. The minimum absolute atomic E-state index is 0.467. The van der Waals surface area contributed by atoms with Gasteiger partial charge in [-0.2, -0.15) is 0 Å². The lowest BCUT2D eigenvalue weighted by Crippen LogP contribution is -2.40. The molecule has 1 N–H and O–H groups in total. The minimum atomic E-state index is 0.467. The molecule has 154 valence electrons. The molecule has 4 rings (SSSR count). The Morgan fingerprint density at radius 1 is 1.18 bits per heavy atom. The van der Waals surface area contributed by atoms with Gasteiger partial charge in [0.25, 0.3) is 0 Å². The summed E-state index contributed by atoms with van der Waals surface area (Å²) in [7, 11) is 4.31. The molecule has 0 radical (unpaired) electrons. The smallest absolute Gasteiger partial charge is 0.0137 e. The number of rotatable bonds is 6. The quantitative estimate of drug-likeness (QED) is 0.531. The zero-order valence-corrected chi connectivity index (χ0v) is 18.6. The van der Waals surface area contributed by atoms with Crippen molar-refractivity contribution in [3.63, 3.8) is 0 Å². The first-order valence-corrected chi connectivity index (χ1v) is 11.6. The summed E-state index contributed by atoms with van der Waals surface area (Å²) in [6, 6.07) is 7.27. The van der Waals surface area contributed by atoms with Crippen LogP contribution in [0.2, 0.25) is 0 Å². The molecule has 4 atom stereocenters. The molecule has 0 spiro atoms. The van der Waals surface area contributed by atoms with E-state index in [0.29, 0.717) is 5.41 Å². The van der Waals surface area contributed by atoms with Crippen molar-refractivity contribution in [2.45, 2.75) is 64.7 Å². The fourth-order valence-corrected chi connectivity index (χ4v) is 6.71. The van der Waals surface area contributed by atoms with Gasteiger partial charge in [0, 0.05) is 6.54 Å². The SMILES string of the molecule is Cc1ccc2c(c1)CCC1C2CCC2(C)/C(=C/CNCCCN(C)C)CCC12. The highest BCUT2D eigenvalue weighted by Crippen LogP contribution is 2.62. The third-order valence-electron chi connectivity index (χ3n) is 8.18. The molecule has 1 aromatic carbocycles. The van der Waals surface area contributed by atoms with E-state index in [1.807, 2.05) is 0 Å². The van der Waals surface area contributed by atoms with Gasteiger partial charge in [0.1, 0.15) is 0 Å². The number of fused-ring (bicyclic) bond motifs is 5. The van der Waals surface area contributed by atoms with Gasteiger partial charge in [-0.1, -0.05) is 42.3 Å². The van der Waals surface area contributed by atoms with E-state index in [4.69, 9.17) is 0 Å². The second kappa shape index (κ2) is 8.32. The van der Waals surface area contributed by atoms with E-state index in [9.17, 15) is 0 Å². The highest BCUT2D eigenvalue weighted by Gasteiger charge is 2.52. The maximum absolute atomic E-state index is 3.65. The molecule has 0 saturated heterocycles. The third-order valence-corrected chi connectivity index (χ3v) is 8.18. The van der Waals surface area contributed by atoms with E-state index in [2.05, 4.69) is 62.4 Å². The number of benzene rings is 1. The van der Waals surface area contributed by atoms with Gasteiger partial charge < -0.3 is 10.2 Å². The van der Waals surface area contributed by atoms with E-state index in [-0.39, 0.29) is 0 Å². The molecule has 0 amide bonds. The van der Waals surface area contributed by atoms with Crippen LogP contribution in [0.5, 0.6) is 0 Å². The van der Waals surface area contributed by atoms with Crippen molar-refractivity contribution in [3.8, 4) is 0 Å². The van der Waals surface area contributed by atoms with Crippen molar-refractivity contribution >= 4 is 0 Å². The molecule has 0 heterocycles. The number of nitrogens with one attached hydrogen (secondary N) is 1. The summed E-state index contributed by atoms with van der Waals surface area (Å²) in [5.41, 5.74) is 7.02. The summed E-state index contributed by atoms with van der Waals surface area (Å²) in [5.74, 6) is 2.64. The van der Waals surface area contributed by atoms with Crippen LogP contribution in [0.1, 0.15) is 68.1 Å². The predicted molar refractivity (Wildman–Crippen MR) is 120 cm³/mol. The fourth-order valence-electron chi connectivity index (χ4n) is 6.71. The standard InChI is InChI=1S/C26H40N2/c1-19-6-9-22-20(18-19)7-10-24-23(22)12-14-26(2)21(8-11-25(24)26)13-16-27-15-5-17-28(3)4/h6,9,13,18,23-25,27H,5,7-8,10-12,14-17H2,1-4H3/b21-13+. The van der Waals surface area contributed by atoms with Crippen molar-refractivity contribution in [3.05, 3.63) is 46.5 Å². The first-order valence-electron chi connectivity index (χ1n) is 11.6. The first kappa shape index (κ1) is 20.2. The molecular formula is C26H40N2. The zero-order chi connectivity index (χ0) is 19.7. The second-order valence-electron chi connectivity index (χ2n) is 10.2. The molecule has 2 heteroatoms. The summed E-state index contributed by atoms with van der Waals surface area (Å²) < 4.78 is 0. The molecule has 28 heavy (non-hydrogen) atoms. The lowest BCUT2D eigenvalue weighted by Gasteiger charge is -2.49. The van der Waals surface area contributed by atoms with E-state index in [1.165, 1.54) is 57.1 Å². The lowest BCUT2D eigenvalue weighted by molar-refractivity contribution is 0.0813. The summed E-state index contributed by atoms with van der Waals surface area (Å²) in [6.45, 7) is 8.20. The molecule has 0 aliphatic heterocycles. The average molecular weight is 381 g/mol. The number of allylic oxidation sites excluding steroid dienone is 1. The molecule has 3 aliphatic rings. The Morgan fingerprint density at radius 2 is 2.04 bits per heavy atom. The summed E-state index contributed by atoms with van der Waals surface area (Å²) in [5, 5.41) is 3.65. The van der Waals surface area contributed by atoms with Crippen LogP contribution in [0, 0.1) is 24.2 Å². The van der Waals surface area contributed by atoms with Crippen LogP contribution >= 0.6 is 0 Å². The Kier molecular flexibility index (Phi) is 5.99. The monoisotopic (exact) mass is 380 g/mol. The molecule has 0 aromatic heterocycles. The Morgan fingerprint density at radius 3 is 2.86 bits per heavy atom. The van der Waals surface area contributed by atoms with Crippen LogP contribution in [-0.2, 0) is 6.42 Å². The minimum Gasteiger partial charge on any atom is -0.313 e. The van der Waals surface area contributed by atoms with E-state index < -0.39 is 0 Å². The largest absolute Gasteiger partial charge is 0.313 e. The molecule has 0 bridgehead atoms. The molecule has 2 saturated carbocycles. The summed E-state index contributed by atoms with van der Waals surface area (Å²) >= 11 is 0. The lowest BCUT2D eigenvalue weighted by atomic mass is 9.55. The molecule has 2 nitrogen and oxygen atoms in total. The van der Waals surface area contributed by atoms with Gasteiger partial charge in [0.15, 0.2) is 0 Å². The van der Waals surface area contributed by atoms with Gasteiger partial charge in [-0.3, -0.25) is 0 Å². The Labute approximate surface area is 172 Å². The zero-order valence-electron chi connectivity index (χ0n) is 18.6. The normalized spacial score (nSPS) is 33.0. The van der Waals surface area contributed by atoms with Crippen LogP contribution in [0.15, 0.2) is 29.8 Å². The van der Waals surface area contributed by atoms with Crippen molar-refractivity contribution in [1.29, 1.82) is 0 Å². The Hall–Kier alpha value is -1.12. The number of hydrogen-bond acceptors (Lipinski definition) is 2. The Balaban J connectivity index is 1.41. The van der Waals surface area contributed by atoms with E-state index in [1.54, 1.807) is 16.7 Å². The highest BCUT2D eigenvalue weighted by molar-refractivity contribution is 5.38. The van der Waals surface area contributed by atoms with Crippen molar-refractivity contribution < 1.29 is 0 Å². The molecule has 1 aromatic rings. The summed E-state index contributed by atoms with van der Waals surface area (Å²) in [6.07, 6.45) is 12.1. The van der Waals surface area contributed by atoms with Crippen LogP contribution in [0.3, 0.4) is 0 Å². The second-order valence-corrected chi connectivity index (χ2v) is 10.2. The maximum atomic E-state index is 3.65. The van der Waals surface area contributed by atoms with Gasteiger partial charge in [0.2, 0.25) is 0 Å². The molecule has 4 unspecified atom stereocenters. The number of hydrogen-bond donors (Lipinski definition) is 1. The number of aryl methyl sites for hydroxylation is 2. The van der Waals surface area contributed by atoms with Gasteiger partial charge in [-0.25, -0.2) is 0 Å². The van der Waals surface area contributed by atoms with Gasteiger partial charge in [0.05, 0.1) is 0 Å². The first-order chi connectivity index (χ1) is 13.5. The summed E-state index contributed by atoms with van der Waals surface area (Å²) in [4.78, 5) is 2.27. The fraction of sp³-hybridized carbons (Fsp3) is 0.692. The maximum Gasteiger partial charge on any atom is 0.0137 e. The average Bonchev–Trinajstić information content (AvgIpc) is 3.00. The van der Waals surface area contributed by atoms with Gasteiger partial charge in [-0.05, 0) is 113 Å². The topological polar surface area (TPSA) is 15.3 Å². The molecule has 2 fully saturated rings. The van der Waals surface area contributed by atoms with Gasteiger partial charge >= 0.3 is 0 Å².